The molecule has 1 saturated heterocycles. The summed E-state index contributed by atoms with van der Waals surface area (Å²) in [6.07, 6.45) is 1.63. The molecule has 0 bridgehead atoms. The molecule has 3 nitrogen and oxygen atoms in total. The molecule has 1 unspecified atom stereocenters. The first-order valence-electron chi connectivity index (χ1n) is 6.63. The quantitative estimate of drug-likeness (QED) is 0.913. The zero-order valence-electron chi connectivity index (χ0n) is 10.7. The van der Waals surface area contributed by atoms with E-state index in [0.29, 0.717) is 6.42 Å². The second-order valence-corrected chi connectivity index (χ2v) is 4.83. The predicted molar refractivity (Wildman–Crippen MR) is 75.2 cm³/mol. The standard InChI is InChI=1S/C16H16N2O/c17-9-7-15-14-4-2-1-3-12(14)5-6-16(15)19-13-8-10-18-11-13/h1-6,13,18H,7-8,10-11H2. The lowest BCUT2D eigenvalue weighted by atomic mass is 10.0. The molecule has 1 aliphatic rings. The monoisotopic (exact) mass is 252 g/mol. The molecule has 2 aromatic carbocycles. The van der Waals surface area contributed by atoms with Crippen LogP contribution >= 0.6 is 0 Å². The lowest BCUT2D eigenvalue weighted by Gasteiger charge is -2.16. The maximum absolute atomic E-state index is 9.05. The van der Waals surface area contributed by atoms with Gasteiger partial charge in [-0.15, -0.1) is 0 Å². The highest BCUT2D eigenvalue weighted by atomic mass is 16.5. The molecule has 1 aliphatic heterocycles. The Morgan fingerprint density at radius 3 is 2.95 bits per heavy atom. The van der Waals surface area contributed by atoms with Crippen molar-refractivity contribution in [2.24, 2.45) is 0 Å². The van der Waals surface area contributed by atoms with Crippen LogP contribution in [0.15, 0.2) is 36.4 Å². The Bertz CT molecular complexity index is 624. The van der Waals surface area contributed by atoms with Crippen molar-refractivity contribution in [3.05, 3.63) is 42.0 Å². The van der Waals surface area contributed by atoms with Gasteiger partial charge in [-0.2, -0.15) is 5.26 Å². The van der Waals surface area contributed by atoms with Crippen LogP contribution < -0.4 is 10.1 Å². The number of hydrogen-bond donors (Lipinski definition) is 1. The summed E-state index contributed by atoms with van der Waals surface area (Å²) < 4.78 is 6.05. The van der Waals surface area contributed by atoms with Crippen molar-refractivity contribution in [2.45, 2.75) is 18.9 Å². The van der Waals surface area contributed by atoms with E-state index < -0.39 is 0 Å². The van der Waals surface area contributed by atoms with E-state index in [1.165, 1.54) is 0 Å². The second-order valence-electron chi connectivity index (χ2n) is 4.83. The Kier molecular flexibility index (Phi) is 3.35. The second kappa shape index (κ2) is 5.29. The van der Waals surface area contributed by atoms with Gasteiger partial charge in [0, 0.05) is 12.1 Å². The van der Waals surface area contributed by atoms with Crippen molar-refractivity contribution in [3.63, 3.8) is 0 Å². The number of ether oxygens (including phenoxy) is 1. The van der Waals surface area contributed by atoms with Crippen LogP contribution in [0.5, 0.6) is 5.75 Å². The van der Waals surface area contributed by atoms with Crippen LogP contribution in [0.1, 0.15) is 12.0 Å². The lowest BCUT2D eigenvalue weighted by Crippen LogP contribution is -2.20. The Morgan fingerprint density at radius 1 is 1.26 bits per heavy atom. The molecule has 19 heavy (non-hydrogen) atoms. The molecular formula is C16H16N2O. The van der Waals surface area contributed by atoms with E-state index in [0.717, 1.165) is 41.6 Å². The molecule has 0 amide bonds. The largest absolute Gasteiger partial charge is 0.489 e. The summed E-state index contributed by atoms with van der Waals surface area (Å²) in [6.45, 7) is 1.89. The zero-order chi connectivity index (χ0) is 13.1. The lowest BCUT2D eigenvalue weighted by molar-refractivity contribution is 0.221. The van der Waals surface area contributed by atoms with Gasteiger partial charge in [-0.25, -0.2) is 0 Å². The highest BCUT2D eigenvalue weighted by Crippen LogP contribution is 2.29. The van der Waals surface area contributed by atoms with Gasteiger partial charge in [0.25, 0.3) is 0 Å². The molecule has 0 radical (unpaired) electrons. The molecule has 1 heterocycles. The summed E-state index contributed by atoms with van der Waals surface area (Å²) in [5.41, 5.74) is 1.01. The third-order valence-corrected chi connectivity index (χ3v) is 3.56. The van der Waals surface area contributed by atoms with Crippen LogP contribution in [-0.2, 0) is 6.42 Å². The van der Waals surface area contributed by atoms with Crippen molar-refractivity contribution in [1.82, 2.24) is 5.32 Å². The summed E-state index contributed by atoms with van der Waals surface area (Å²) in [4.78, 5) is 0. The first kappa shape index (κ1) is 12.0. The van der Waals surface area contributed by atoms with E-state index in [2.05, 4.69) is 29.6 Å². The van der Waals surface area contributed by atoms with Gasteiger partial charge in [0.2, 0.25) is 0 Å². The van der Waals surface area contributed by atoms with Crippen molar-refractivity contribution in [2.75, 3.05) is 13.1 Å². The van der Waals surface area contributed by atoms with Gasteiger partial charge >= 0.3 is 0 Å². The fourth-order valence-corrected chi connectivity index (χ4v) is 2.60. The average Bonchev–Trinajstić information content (AvgIpc) is 2.94. The summed E-state index contributed by atoms with van der Waals surface area (Å²) >= 11 is 0. The Hall–Kier alpha value is -2.05. The highest BCUT2D eigenvalue weighted by Gasteiger charge is 2.18. The third kappa shape index (κ3) is 2.40. The molecule has 0 saturated carbocycles. The minimum absolute atomic E-state index is 0.221. The van der Waals surface area contributed by atoms with E-state index in [-0.39, 0.29) is 6.10 Å². The van der Waals surface area contributed by atoms with E-state index in [9.17, 15) is 0 Å². The van der Waals surface area contributed by atoms with E-state index in [1.807, 2.05) is 18.2 Å². The molecule has 1 atom stereocenters. The maximum atomic E-state index is 9.05. The fraction of sp³-hybridized carbons (Fsp3) is 0.312. The molecule has 96 valence electrons. The van der Waals surface area contributed by atoms with E-state index in [1.54, 1.807) is 0 Å². The molecule has 3 heteroatoms. The number of benzene rings is 2. The van der Waals surface area contributed by atoms with Gasteiger partial charge < -0.3 is 10.1 Å². The first-order valence-corrected chi connectivity index (χ1v) is 6.63. The minimum atomic E-state index is 0.221. The minimum Gasteiger partial charge on any atom is -0.489 e. The fourth-order valence-electron chi connectivity index (χ4n) is 2.60. The Labute approximate surface area is 112 Å². The average molecular weight is 252 g/mol. The van der Waals surface area contributed by atoms with Crippen LogP contribution in [0.3, 0.4) is 0 Å². The van der Waals surface area contributed by atoms with Gasteiger partial charge in [-0.05, 0) is 29.8 Å². The molecular weight excluding hydrogens is 236 g/mol. The third-order valence-electron chi connectivity index (χ3n) is 3.56. The van der Waals surface area contributed by atoms with Gasteiger partial charge in [0.1, 0.15) is 11.9 Å². The van der Waals surface area contributed by atoms with Crippen molar-refractivity contribution in [3.8, 4) is 11.8 Å². The Balaban J connectivity index is 2.02. The topological polar surface area (TPSA) is 45.0 Å². The van der Waals surface area contributed by atoms with Crippen LogP contribution in [-0.4, -0.2) is 19.2 Å². The first-order chi connectivity index (χ1) is 9.38. The van der Waals surface area contributed by atoms with Crippen molar-refractivity contribution < 1.29 is 4.74 Å². The molecule has 1 N–H and O–H groups in total. The predicted octanol–water partition coefficient (Wildman–Crippen LogP) is 2.65. The zero-order valence-corrected chi connectivity index (χ0v) is 10.7. The summed E-state index contributed by atoms with van der Waals surface area (Å²) in [7, 11) is 0. The normalized spacial score (nSPS) is 18.4. The number of nitrogens with zero attached hydrogens (tertiary/aromatic N) is 1. The summed E-state index contributed by atoms with van der Waals surface area (Å²) in [6, 6.07) is 14.4. The molecule has 3 rings (SSSR count). The van der Waals surface area contributed by atoms with Gasteiger partial charge in [0.05, 0.1) is 12.5 Å². The summed E-state index contributed by atoms with van der Waals surface area (Å²) in [5.74, 6) is 0.856. The molecule has 0 spiro atoms. The smallest absolute Gasteiger partial charge is 0.124 e. The number of nitriles is 1. The van der Waals surface area contributed by atoms with Gasteiger partial charge in [-0.1, -0.05) is 30.3 Å². The van der Waals surface area contributed by atoms with Gasteiger partial charge in [0.15, 0.2) is 0 Å². The van der Waals surface area contributed by atoms with Crippen LogP contribution in [0.25, 0.3) is 10.8 Å². The summed E-state index contributed by atoms with van der Waals surface area (Å²) in [5, 5.41) is 14.6. The number of hydrogen-bond acceptors (Lipinski definition) is 3. The van der Waals surface area contributed by atoms with Crippen molar-refractivity contribution in [1.29, 1.82) is 5.26 Å². The van der Waals surface area contributed by atoms with Crippen LogP contribution in [0.2, 0.25) is 0 Å². The van der Waals surface area contributed by atoms with E-state index in [4.69, 9.17) is 10.00 Å². The molecule has 0 aliphatic carbocycles. The molecule has 2 aromatic rings. The SMILES string of the molecule is N#CCc1c(OC2CCNC2)ccc2ccccc12. The number of nitrogens with one attached hydrogen (secondary N) is 1. The molecule has 1 fully saturated rings. The van der Waals surface area contributed by atoms with Crippen LogP contribution in [0, 0.1) is 11.3 Å². The van der Waals surface area contributed by atoms with Gasteiger partial charge in [-0.3, -0.25) is 0 Å². The highest BCUT2D eigenvalue weighted by molar-refractivity contribution is 5.88. The van der Waals surface area contributed by atoms with Crippen LogP contribution in [0.4, 0.5) is 0 Å². The van der Waals surface area contributed by atoms with Crippen molar-refractivity contribution >= 4 is 10.8 Å². The maximum Gasteiger partial charge on any atom is 0.124 e. The Morgan fingerprint density at radius 2 is 2.16 bits per heavy atom. The number of rotatable bonds is 3. The number of fused-ring (bicyclic) bond motifs is 1. The molecule has 0 aromatic heterocycles. The van der Waals surface area contributed by atoms with E-state index >= 15 is 0 Å².